The number of nitrogens with one attached hydrogen (secondary N) is 1. The number of halogens is 1. The van der Waals surface area contributed by atoms with Crippen LogP contribution in [0.5, 0.6) is 11.5 Å². The van der Waals surface area contributed by atoms with E-state index in [0.29, 0.717) is 21.5 Å². The summed E-state index contributed by atoms with van der Waals surface area (Å²) in [6.07, 6.45) is 1.36. The number of anilines is 1. The summed E-state index contributed by atoms with van der Waals surface area (Å²) in [7, 11) is 1.54. The first-order valence-corrected chi connectivity index (χ1v) is 8.27. The number of hydrogen-bond acceptors (Lipinski definition) is 5. The average molecular weight is 415 g/mol. The summed E-state index contributed by atoms with van der Waals surface area (Å²) in [4.78, 5) is 23.6. The Morgan fingerprint density at radius 1 is 1.19 bits per heavy atom. The van der Waals surface area contributed by atoms with Gasteiger partial charge in [0, 0.05) is 22.6 Å². The van der Waals surface area contributed by atoms with Gasteiger partial charge in [-0.1, -0.05) is 15.9 Å². The molecule has 0 aliphatic heterocycles. The first kappa shape index (κ1) is 19.2. The third-order valence-electron chi connectivity index (χ3n) is 3.24. The van der Waals surface area contributed by atoms with Gasteiger partial charge in [-0.05, 0) is 48.5 Å². The minimum absolute atomic E-state index is 0.132. The van der Waals surface area contributed by atoms with Gasteiger partial charge in [0.25, 0.3) is 5.91 Å². The molecule has 0 aromatic heterocycles. The SMILES string of the molecule is COc1ccc(NC(=O)/C(C#N)=C/c2cc(Br)ccc2OC(C)=O)cc1. The molecule has 1 N–H and O–H groups in total. The van der Waals surface area contributed by atoms with Gasteiger partial charge in [0.2, 0.25) is 0 Å². The molecule has 6 nitrogen and oxygen atoms in total. The molecule has 0 spiro atoms. The third-order valence-corrected chi connectivity index (χ3v) is 3.73. The largest absolute Gasteiger partial charge is 0.497 e. The molecule has 26 heavy (non-hydrogen) atoms. The maximum atomic E-state index is 12.4. The molecule has 2 aromatic carbocycles. The fourth-order valence-corrected chi connectivity index (χ4v) is 2.44. The highest BCUT2D eigenvalue weighted by Gasteiger charge is 2.13. The van der Waals surface area contributed by atoms with Gasteiger partial charge in [-0.15, -0.1) is 0 Å². The normalized spacial score (nSPS) is 10.6. The molecular formula is C19H15BrN2O4. The van der Waals surface area contributed by atoms with E-state index in [4.69, 9.17) is 9.47 Å². The molecular weight excluding hydrogens is 400 g/mol. The molecule has 0 radical (unpaired) electrons. The minimum atomic E-state index is -0.577. The highest BCUT2D eigenvalue weighted by molar-refractivity contribution is 9.10. The van der Waals surface area contributed by atoms with Crippen molar-refractivity contribution in [2.24, 2.45) is 0 Å². The van der Waals surface area contributed by atoms with Crippen LogP contribution < -0.4 is 14.8 Å². The molecule has 2 aromatic rings. The second-order valence-electron chi connectivity index (χ2n) is 5.13. The number of benzene rings is 2. The Kier molecular flexibility index (Phi) is 6.53. The smallest absolute Gasteiger partial charge is 0.308 e. The van der Waals surface area contributed by atoms with Crippen LogP contribution in [0.25, 0.3) is 6.08 Å². The maximum absolute atomic E-state index is 12.4. The van der Waals surface area contributed by atoms with Crippen molar-refractivity contribution in [3.63, 3.8) is 0 Å². The van der Waals surface area contributed by atoms with Gasteiger partial charge < -0.3 is 14.8 Å². The summed E-state index contributed by atoms with van der Waals surface area (Å²) in [5.41, 5.74) is 0.815. The van der Waals surface area contributed by atoms with E-state index in [0.717, 1.165) is 0 Å². The Labute approximate surface area is 159 Å². The monoisotopic (exact) mass is 414 g/mol. The molecule has 0 aliphatic carbocycles. The van der Waals surface area contributed by atoms with Crippen LogP contribution in [0.3, 0.4) is 0 Å². The standard InChI is InChI=1S/C19H15BrN2O4/c1-12(23)26-18-8-3-15(20)10-13(18)9-14(11-21)19(24)22-16-4-6-17(25-2)7-5-16/h3-10H,1-2H3,(H,22,24)/b14-9+. The van der Waals surface area contributed by atoms with Gasteiger partial charge in [0.1, 0.15) is 23.1 Å². The summed E-state index contributed by atoms with van der Waals surface area (Å²) >= 11 is 3.31. The van der Waals surface area contributed by atoms with E-state index in [1.807, 2.05) is 6.07 Å². The molecule has 0 atom stereocenters. The minimum Gasteiger partial charge on any atom is -0.497 e. The van der Waals surface area contributed by atoms with Gasteiger partial charge in [-0.25, -0.2) is 0 Å². The maximum Gasteiger partial charge on any atom is 0.308 e. The molecule has 1 amide bonds. The quantitative estimate of drug-likeness (QED) is 0.346. The number of ether oxygens (including phenoxy) is 2. The third kappa shape index (κ3) is 5.19. The zero-order chi connectivity index (χ0) is 19.1. The van der Waals surface area contributed by atoms with Crippen LogP contribution in [-0.2, 0) is 9.59 Å². The summed E-state index contributed by atoms with van der Waals surface area (Å²) in [6, 6.07) is 13.5. The first-order valence-electron chi connectivity index (χ1n) is 7.48. The van der Waals surface area contributed by atoms with Crippen LogP contribution in [0.4, 0.5) is 5.69 Å². The number of amides is 1. The topological polar surface area (TPSA) is 88.4 Å². The highest BCUT2D eigenvalue weighted by Crippen LogP contribution is 2.26. The van der Waals surface area contributed by atoms with Crippen LogP contribution in [0.15, 0.2) is 52.5 Å². The van der Waals surface area contributed by atoms with Gasteiger partial charge in [-0.2, -0.15) is 5.26 Å². The lowest BCUT2D eigenvalue weighted by molar-refractivity contribution is -0.131. The van der Waals surface area contributed by atoms with Crippen molar-refractivity contribution in [1.82, 2.24) is 0 Å². The number of rotatable bonds is 5. The lowest BCUT2D eigenvalue weighted by atomic mass is 10.1. The predicted molar refractivity (Wildman–Crippen MR) is 101 cm³/mol. The molecule has 0 unspecified atom stereocenters. The van der Waals surface area contributed by atoms with Crippen LogP contribution in [0, 0.1) is 11.3 Å². The van der Waals surface area contributed by atoms with Crippen LogP contribution in [0.1, 0.15) is 12.5 Å². The molecule has 132 valence electrons. The Morgan fingerprint density at radius 2 is 1.88 bits per heavy atom. The van der Waals surface area contributed by atoms with Crippen molar-refractivity contribution in [1.29, 1.82) is 5.26 Å². The van der Waals surface area contributed by atoms with E-state index in [1.165, 1.54) is 13.0 Å². The molecule has 0 bridgehead atoms. The summed E-state index contributed by atoms with van der Waals surface area (Å²) in [5.74, 6) is -0.167. The zero-order valence-corrected chi connectivity index (χ0v) is 15.7. The van der Waals surface area contributed by atoms with Crippen molar-refractivity contribution in [2.45, 2.75) is 6.92 Å². The molecule has 0 aliphatic rings. The molecule has 0 saturated carbocycles. The number of esters is 1. The number of carbonyl (C=O) groups excluding carboxylic acids is 2. The Hall–Kier alpha value is -3.11. The summed E-state index contributed by atoms with van der Waals surface area (Å²) < 4.78 is 10.9. The van der Waals surface area contributed by atoms with Crippen molar-refractivity contribution in [2.75, 3.05) is 12.4 Å². The van der Waals surface area contributed by atoms with Gasteiger partial charge in [0.15, 0.2) is 0 Å². The lowest BCUT2D eigenvalue weighted by Crippen LogP contribution is -2.13. The van der Waals surface area contributed by atoms with E-state index in [9.17, 15) is 14.9 Å². The Morgan fingerprint density at radius 3 is 2.46 bits per heavy atom. The molecule has 7 heteroatoms. The van der Waals surface area contributed by atoms with Crippen LogP contribution >= 0.6 is 15.9 Å². The number of nitrogens with zero attached hydrogens (tertiary/aromatic N) is 1. The number of carbonyl (C=O) groups is 2. The Bertz CT molecular complexity index is 899. The van der Waals surface area contributed by atoms with Gasteiger partial charge in [0.05, 0.1) is 7.11 Å². The number of methoxy groups -OCH3 is 1. The van der Waals surface area contributed by atoms with Crippen molar-refractivity contribution < 1.29 is 19.1 Å². The highest BCUT2D eigenvalue weighted by atomic mass is 79.9. The van der Waals surface area contributed by atoms with Crippen molar-refractivity contribution >= 4 is 39.6 Å². The van der Waals surface area contributed by atoms with Crippen LogP contribution in [0.2, 0.25) is 0 Å². The fourth-order valence-electron chi connectivity index (χ4n) is 2.06. The van der Waals surface area contributed by atoms with E-state index in [1.54, 1.807) is 49.6 Å². The van der Waals surface area contributed by atoms with Crippen LogP contribution in [-0.4, -0.2) is 19.0 Å². The average Bonchev–Trinajstić information content (AvgIpc) is 2.62. The van der Waals surface area contributed by atoms with E-state index >= 15 is 0 Å². The second kappa shape index (κ2) is 8.83. The fraction of sp³-hybridized carbons (Fsp3) is 0.105. The van der Waals surface area contributed by atoms with Crippen molar-refractivity contribution in [3.8, 4) is 17.6 Å². The van der Waals surface area contributed by atoms with Gasteiger partial charge in [-0.3, -0.25) is 9.59 Å². The van der Waals surface area contributed by atoms with E-state index in [-0.39, 0.29) is 11.3 Å². The molecule has 0 heterocycles. The number of nitriles is 1. The Balaban J connectivity index is 2.29. The predicted octanol–water partition coefficient (Wildman–Crippen LogP) is 3.93. The summed E-state index contributed by atoms with van der Waals surface area (Å²) in [5, 5.41) is 12.0. The molecule has 2 rings (SSSR count). The lowest BCUT2D eigenvalue weighted by Gasteiger charge is -2.08. The van der Waals surface area contributed by atoms with E-state index in [2.05, 4.69) is 21.2 Å². The van der Waals surface area contributed by atoms with E-state index < -0.39 is 11.9 Å². The molecule has 0 saturated heterocycles. The molecule has 0 fully saturated rings. The van der Waals surface area contributed by atoms with Gasteiger partial charge >= 0.3 is 5.97 Å². The zero-order valence-electron chi connectivity index (χ0n) is 14.1. The second-order valence-corrected chi connectivity index (χ2v) is 6.04. The number of hydrogen-bond donors (Lipinski definition) is 1. The first-order chi connectivity index (χ1) is 12.4. The summed E-state index contributed by atoms with van der Waals surface area (Å²) in [6.45, 7) is 1.27. The van der Waals surface area contributed by atoms with Crippen molar-refractivity contribution in [3.05, 3.63) is 58.1 Å².